The van der Waals surface area contributed by atoms with E-state index in [0.29, 0.717) is 5.75 Å². The van der Waals surface area contributed by atoms with Gasteiger partial charge in [-0.25, -0.2) is 0 Å². The zero-order chi connectivity index (χ0) is 17.5. The molecule has 1 aliphatic carbocycles. The van der Waals surface area contributed by atoms with Crippen LogP contribution in [0.4, 0.5) is 0 Å². The fourth-order valence-corrected chi connectivity index (χ4v) is 4.00. The first-order valence-electron chi connectivity index (χ1n) is 8.51. The molecule has 24 heavy (non-hydrogen) atoms. The van der Waals surface area contributed by atoms with E-state index in [9.17, 15) is 10.2 Å². The molecular weight excluding hydrogens is 300 g/mol. The third-order valence-corrected chi connectivity index (χ3v) is 5.21. The maximum atomic E-state index is 10.8. The van der Waals surface area contributed by atoms with Crippen LogP contribution in [0, 0.1) is 5.92 Å². The van der Waals surface area contributed by atoms with E-state index in [1.165, 1.54) is 5.57 Å². The maximum Gasteiger partial charge on any atom is 0.134 e. The third-order valence-electron chi connectivity index (χ3n) is 5.21. The second-order valence-electron chi connectivity index (χ2n) is 7.40. The zero-order valence-electron chi connectivity index (χ0n) is 14.8. The predicted octanol–water partition coefficient (Wildman–Crippen LogP) is 4.76. The monoisotopic (exact) mass is 326 g/mol. The average molecular weight is 326 g/mol. The lowest BCUT2D eigenvalue weighted by Crippen LogP contribution is -2.36. The minimum atomic E-state index is -0.828. The van der Waals surface area contributed by atoms with Crippen molar-refractivity contribution in [1.82, 2.24) is 0 Å². The predicted molar refractivity (Wildman–Crippen MR) is 97.7 cm³/mol. The molecule has 0 radical (unpaired) electrons. The molecule has 2 aromatic carbocycles. The minimum Gasteiger partial charge on any atom is -0.507 e. The van der Waals surface area contributed by atoms with Gasteiger partial charge in [0.15, 0.2) is 0 Å². The molecular formula is C21H26O3. The summed E-state index contributed by atoms with van der Waals surface area (Å²) in [7, 11) is 1.64. The first-order valence-corrected chi connectivity index (χ1v) is 8.51. The van der Waals surface area contributed by atoms with Crippen LogP contribution in [0.3, 0.4) is 0 Å². The summed E-state index contributed by atoms with van der Waals surface area (Å²) in [5.74, 6) is 0.895. The summed E-state index contributed by atoms with van der Waals surface area (Å²) in [6, 6.07) is 9.70. The molecule has 0 bridgehead atoms. The van der Waals surface area contributed by atoms with Crippen molar-refractivity contribution in [2.45, 2.75) is 45.1 Å². The Morgan fingerprint density at radius 1 is 1.21 bits per heavy atom. The molecule has 1 aliphatic rings. The van der Waals surface area contributed by atoms with E-state index < -0.39 is 5.60 Å². The fraction of sp³-hybridized carbons (Fsp3) is 0.429. The molecule has 0 aromatic heterocycles. The molecule has 0 fully saturated rings. The number of rotatable bonds is 3. The van der Waals surface area contributed by atoms with E-state index in [-0.39, 0.29) is 17.6 Å². The number of phenols is 1. The van der Waals surface area contributed by atoms with Gasteiger partial charge in [0.2, 0.25) is 0 Å². The van der Waals surface area contributed by atoms with Gasteiger partial charge in [0.05, 0.1) is 12.7 Å². The largest absolute Gasteiger partial charge is 0.507 e. The molecule has 2 atom stereocenters. The average Bonchev–Trinajstić information content (AvgIpc) is 2.52. The number of hydrogen-bond acceptors (Lipinski definition) is 3. The highest BCUT2D eigenvalue weighted by molar-refractivity contribution is 5.91. The van der Waals surface area contributed by atoms with Gasteiger partial charge in [0.25, 0.3) is 0 Å². The van der Waals surface area contributed by atoms with Gasteiger partial charge in [-0.05, 0) is 51.0 Å². The number of hydrogen-bond donors (Lipinski definition) is 2. The van der Waals surface area contributed by atoms with E-state index in [0.717, 1.165) is 29.2 Å². The summed E-state index contributed by atoms with van der Waals surface area (Å²) >= 11 is 0. The minimum absolute atomic E-state index is 0.0298. The summed E-state index contributed by atoms with van der Waals surface area (Å²) < 4.78 is 5.72. The van der Waals surface area contributed by atoms with E-state index in [1.807, 2.05) is 38.1 Å². The molecule has 0 saturated carbocycles. The Kier molecular flexibility index (Phi) is 4.31. The van der Waals surface area contributed by atoms with Crippen LogP contribution >= 0.6 is 0 Å². The van der Waals surface area contributed by atoms with Gasteiger partial charge in [0, 0.05) is 16.9 Å². The number of aliphatic hydroxyl groups is 1. The normalized spacial score (nSPS) is 21.6. The highest BCUT2D eigenvalue weighted by Crippen LogP contribution is 2.49. The van der Waals surface area contributed by atoms with Gasteiger partial charge in [-0.1, -0.05) is 35.9 Å². The van der Waals surface area contributed by atoms with Crippen LogP contribution in [-0.2, 0) is 0 Å². The van der Waals surface area contributed by atoms with Crippen molar-refractivity contribution in [3.63, 3.8) is 0 Å². The van der Waals surface area contributed by atoms with Gasteiger partial charge in [-0.15, -0.1) is 0 Å². The molecule has 0 heterocycles. The lowest BCUT2D eigenvalue weighted by molar-refractivity contribution is 0.00422. The lowest BCUT2D eigenvalue weighted by atomic mass is 9.69. The Morgan fingerprint density at radius 3 is 2.58 bits per heavy atom. The first-order chi connectivity index (χ1) is 11.3. The maximum absolute atomic E-state index is 10.8. The van der Waals surface area contributed by atoms with Crippen LogP contribution in [0.1, 0.15) is 45.1 Å². The molecule has 0 spiro atoms. The number of phenolic OH excluding ortho intramolecular Hbond substituents is 1. The highest BCUT2D eigenvalue weighted by Gasteiger charge is 2.38. The molecule has 2 aromatic rings. The second-order valence-corrected chi connectivity index (χ2v) is 7.40. The number of fused-ring (bicyclic) bond motifs is 1. The van der Waals surface area contributed by atoms with Crippen molar-refractivity contribution in [3.8, 4) is 11.5 Å². The topological polar surface area (TPSA) is 49.7 Å². The van der Waals surface area contributed by atoms with Crippen molar-refractivity contribution >= 4 is 10.8 Å². The molecule has 3 heteroatoms. The standard InChI is InChI=1S/C21H26O3/c1-13-9-10-17(21(2,3)23)16(11-13)19-18(22)12-14-7-5-6-8-15(14)20(19)24-4/h5-8,11-12,16-17,22-23H,9-10H2,1-4H3/t16-,17-/m1/s1. The molecule has 0 saturated heterocycles. The van der Waals surface area contributed by atoms with Crippen molar-refractivity contribution in [1.29, 1.82) is 0 Å². The number of allylic oxidation sites excluding steroid dienone is 2. The van der Waals surface area contributed by atoms with Crippen LogP contribution in [0.25, 0.3) is 10.8 Å². The van der Waals surface area contributed by atoms with Crippen molar-refractivity contribution < 1.29 is 14.9 Å². The smallest absolute Gasteiger partial charge is 0.134 e. The van der Waals surface area contributed by atoms with Crippen LogP contribution in [0.15, 0.2) is 42.0 Å². The zero-order valence-corrected chi connectivity index (χ0v) is 14.8. The molecule has 2 N–H and O–H groups in total. The highest BCUT2D eigenvalue weighted by atomic mass is 16.5. The third kappa shape index (κ3) is 2.89. The number of benzene rings is 2. The quantitative estimate of drug-likeness (QED) is 0.799. The van der Waals surface area contributed by atoms with Crippen LogP contribution in [0.2, 0.25) is 0 Å². The Morgan fingerprint density at radius 2 is 1.92 bits per heavy atom. The van der Waals surface area contributed by atoms with Crippen molar-refractivity contribution in [2.75, 3.05) is 7.11 Å². The summed E-state index contributed by atoms with van der Waals surface area (Å²) in [6.45, 7) is 5.81. The lowest BCUT2D eigenvalue weighted by Gasteiger charge is -2.39. The van der Waals surface area contributed by atoms with E-state index in [1.54, 1.807) is 13.2 Å². The van der Waals surface area contributed by atoms with Gasteiger partial charge in [-0.2, -0.15) is 0 Å². The number of ether oxygens (including phenoxy) is 1. The SMILES string of the molecule is COc1c([C@@H]2C=C(C)CC[C@H]2C(C)(C)O)c(O)cc2ccccc12. The molecule has 0 unspecified atom stereocenters. The Labute approximate surface area is 143 Å². The van der Waals surface area contributed by atoms with Crippen LogP contribution in [0.5, 0.6) is 11.5 Å². The summed E-state index contributed by atoms with van der Waals surface area (Å²) in [5, 5.41) is 23.4. The van der Waals surface area contributed by atoms with E-state index in [4.69, 9.17) is 4.74 Å². The Bertz CT molecular complexity index is 784. The van der Waals surface area contributed by atoms with Crippen molar-refractivity contribution in [2.24, 2.45) is 5.92 Å². The molecule has 0 aliphatic heterocycles. The molecule has 3 nitrogen and oxygen atoms in total. The van der Waals surface area contributed by atoms with Gasteiger partial charge in [-0.3, -0.25) is 0 Å². The fourth-order valence-electron chi connectivity index (χ4n) is 4.00. The van der Waals surface area contributed by atoms with E-state index in [2.05, 4.69) is 13.0 Å². The second kappa shape index (κ2) is 6.14. The van der Waals surface area contributed by atoms with Gasteiger partial charge in [0.1, 0.15) is 11.5 Å². The van der Waals surface area contributed by atoms with Crippen LogP contribution < -0.4 is 4.74 Å². The molecule has 3 rings (SSSR count). The van der Waals surface area contributed by atoms with E-state index >= 15 is 0 Å². The van der Waals surface area contributed by atoms with Crippen LogP contribution in [-0.4, -0.2) is 22.9 Å². The molecule has 0 amide bonds. The van der Waals surface area contributed by atoms with Gasteiger partial charge >= 0.3 is 0 Å². The van der Waals surface area contributed by atoms with Crippen molar-refractivity contribution in [3.05, 3.63) is 47.5 Å². The number of aromatic hydroxyl groups is 1. The summed E-state index contributed by atoms with van der Waals surface area (Å²) in [4.78, 5) is 0. The Hall–Kier alpha value is -2.00. The molecule has 128 valence electrons. The Balaban J connectivity index is 2.26. The first kappa shape index (κ1) is 16.8. The number of methoxy groups -OCH3 is 1. The van der Waals surface area contributed by atoms with Gasteiger partial charge < -0.3 is 14.9 Å². The summed E-state index contributed by atoms with van der Waals surface area (Å²) in [5.41, 5.74) is 1.24. The summed E-state index contributed by atoms with van der Waals surface area (Å²) in [6.07, 6.45) is 4.05.